The van der Waals surface area contributed by atoms with E-state index in [1.54, 1.807) is 4.90 Å². The number of nitrogens with zero attached hydrogens (tertiary/aromatic N) is 1. The molecule has 0 N–H and O–H groups in total. The Morgan fingerprint density at radius 2 is 1.78 bits per heavy atom. The molecule has 0 aromatic carbocycles. The van der Waals surface area contributed by atoms with E-state index in [4.69, 9.17) is 0 Å². The zero-order valence-corrected chi connectivity index (χ0v) is 13.5. The summed E-state index contributed by atoms with van der Waals surface area (Å²) in [5.74, 6) is -0.533. The van der Waals surface area contributed by atoms with E-state index >= 15 is 0 Å². The summed E-state index contributed by atoms with van der Waals surface area (Å²) in [6.45, 7) is 5.17. The summed E-state index contributed by atoms with van der Waals surface area (Å²) in [4.78, 5) is 13.6. The summed E-state index contributed by atoms with van der Waals surface area (Å²) in [7, 11) is -3.32. The van der Waals surface area contributed by atoms with Crippen LogP contribution in [0.25, 0.3) is 0 Å². The van der Waals surface area contributed by atoms with Gasteiger partial charge in [0.15, 0.2) is 9.84 Å². The highest BCUT2D eigenvalue weighted by Gasteiger charge is 2.29. The maximum atomic E-state index is 12.0. The molecule has 4 nitrogen and oxygen atoms in total. The van der Waals surface area contributed by atoms with Gasteiger partial charge in [0.1, 0.15) is 5.75 Å². The summed E-state index contributed by atoms with van der Waals surface area (Å²) in [6.07, 6.45) is 3.10. The van der Waals surface area contributed by atoms with Crippen molar-refractivity contribution in [2.75, 3.05) is 29.9 Å². The topological polar surface area (TPSA) is 54.5 Å². The normalized spacial score (nSPS) is 17.8. The molecule has 0 radical (unpaired) electrons. The number of hydrogen-bond acceptors (Lipinski definition) is 3. The molecular formula is C12H22BrNO3S. The lowest BCUT2D eigenvalue weighted by Crippen LogP contribution is -2.41. The van der Waals surface area contributed by atoms with Crippen molar-refractivity contribution >= 4 is 31.7 Å². The Bertz CT molecular complexity index is 386. The van der Waals surface area contributed by atoms with E-state index in [2.05, 4.69) is 15.9 Å². The minimum atomic E-state index is -3.32. The Kier molecular flexibility index (Phi) is 5.65. The number of hydrogen-bond donors (Lipinski definition) is 0. The fourth-order valence-corrected chi connectivity index (χ4v) is 4.52. The molecule has 1 fully saturated rings. The summed E-state index contributed by atoms with van der Waals surface area (Å²) in [5.41, 5.74) is -0.332. The molecule has 18 heavy (non-hydrogen) atoms. The van der Waals surface area contributed by atoms with E-state index in [0.717, 1.165) is 19.3 Å². The third-order valence-corrected chi connectivity index (χ3v) is 6.45. The van der Waals surface area contributed by atoms with Crippen LogP contribution in [-0.4, -0.2) is 49.2 Å². The molecule has 0 atom stereocenters. The standard InChI is InChI=1S/C12H22BrNO3S/c1-12(2,9-13)10-18(16,17)8-11(15)14-6-4-3-5-7-14/h3-10H2,1-2H3. The van der Waals surface area contributed by atoms with Crippen LogP contribution in [0.3, 0.4) is 0 Å². The summed E-state index contributed by atoms with van der Waals surface area (Å²) in [6, 6.07) is 0. The molecule has 1 aliphatic rings. The Morgan fingerprint density at radius 1 is 1.22 bits per heavy atom. The first-order valence-corrected chi connectivity index (χ1v) is 9.24. The second-order valence-electron chi connectivity index (χ2n) is 5.77. The Hall–Kier alpha value is -0.100. The number of amides is 1. The molecule has 0 saturated carbocycles. The van der Waals surface area contributed by atoms with Crippen LogP contribution in [0.1, 0.15) is 33.1 Å². The minimum Gasteiger partial charge on any atom is -0.342 e. The third kappa shape index (κ3) is 5.26. The zero-order valence-electron chi connectivity index (χ0n) is 11.1. The van der Waals surface area contributed by atoms with Crippen molar-refractivity contribution < 1.29 is 13.2 Å². The number of piperidine rings is 1. The van der Waals surface area contributed by atoms with Crippen molar-refractivity contribution in [1.82, 2.24) is 4.90 Å². The van der Waals surface area contributed by atoms with Crippen molar-refractivity contribution in [3.05, 3.63) is 0 Å². The van der Waals surface area contributed by atoms with Crippen LogP contribution in [0.4, 0.5) is 0 Å². The first-order chi connectivity index (χ1) is 8.26. The Morgan fingerprint density at radius 3 is 2.28 bits per heavy atom. The highest BCUT2D eigenvalue weighted by molar-refractivity contribution is 9.09. The minimum absolute atomic E-state index is 0.0465. The van der Waals surface area contributed by atoms with Gasteiger partial charge in [-0.3, -0.25) is 4.79 Å². The molecule has 0 aliphatic carbocycles. The molecule has 1 rings (SSSR count). The van der Waals surface area contributed by atoms with Gasteiger partial charge in [0.2, 0.25) is 5.91 Å². The molecule has 106 valence electrons. The number of carbonyl (C=O) groups excluding carboxylic acids is 1. The van der Waals surface area contributed by atoms with E-state index in [0.29, 0.717) is 18.4 Å². The van der Waals surface area contributed by atoms with E-state index in [-0.39, 0.29) is 22.8 Å². The summed E-state index contributed by atoms with van der Waals surface area (Å²) in [5, 5.41) is 0.608. The zero-order chi connectivity index (χ0) is 13.8. The number of alkyl halides is 1. The van der Waals surface area contributed by atoms with Gasteiger partial charge >= 0.3 is 0 Å². The lowest BCUT2D eigenvalue weighted by Gasteiger charge is -2.27. The number of likely N-dealkylation sites (tertiary alicyclic amines) is 1. The van der Waals surface area contributed by atoms with Gasteiger partial charge in [0.05, 0.1) is 5.75 Å². The van der Waals surface area contributed by atoms with Crippen molar-refractivity contribution in [3.8, 4) is 0 Å². The monoisotopic (exact) mass is 339 g/mol. The molecule has 0 aromatic rings. The maximum Gasteiger partial charge on any atom is 0.237 e. The molecule has 1 heterocycles. The Balaban J connectivity index is 2.57. The highest BCUT2D eigenvalue weighted by Crippen LogP contribution is 2.21. The largest absolute Gasteiger partial charge is 0.342 e. The number of halogens is 1. The summed E-state index contributed by atoms with van der Waals surface area (Å²) >= 11 is 3.31. The van der Waals surface area contributed by atoms with Gasteiger partial charge in [0.25, 0.3) is 0 Å². The van der Waals surface area contributed by atoms with Crippen molar-refractivity contribution in [2.45, 2.75) is 33.1 Å². The van der Waals surface area contributed by atoms with Crippen LogP contribution in [0, 0.1) is 5.41 Å². The van der Waals surface area contributed by atoms with Gasteiger partial charge in [-0.05, 0) is 24.7 Å². The second kappa shape index (κ2) is 6.37. The molecule has 0 aromatic heterocycles. The average molecular weight is 340 g/mol. The van der Waals surface area contributed by atoms with Crippen LogP contribution in [0.15, 0.2) is 0 Å². The molecule has 1 aliphatic heterocycles. The van der Waals surface area contributed by atoms with Crippen molar-refractivity contribution in [3.63, 3.8) is 0 Å². The van der Waals surface area contributed by atoms with Crippen LogP contribution in [-0.2, 0) is 14.6 Å². The molecule has 1 saturated heterocycles. The molecule has 0 unspecified atom stereocenters. The lowest BCUT2D eigenvalue weighted by atomic mass is 10.0. The van der Waals surface area contributed by atoms with E-state index in [9.17, 15) is 13.2 Å². The molecule has 0 spiro atoms. The predicted molar refractivity (Wildman–Crippen MR) is 76.7 cm³/mol. The van der Waals surface area contributed by atoms with Gasteiger partial charge in [-0.25, -0.2) is 8.42 Å². The molecular weight excluding hydrogens is 318 g/mol. The first-order valence-electron chi connectivity index (χ1n) is 6.30. The average Bonchev–Trinajstić information content (AvgIpc) is 2.28. The lowest BCUT2D eigenvalue weighted by molar-refractivity contribution is -0.129. The smallest absolute Gasteiger partial charge is 0.237 e. The molecule has 0 bridgehead atoms. The van der Waals surface area contributed by atoms with Crippen LogP contribution in [0.2, 0.25) is 0 Å². The quantitative estimate of drug-likeness (QED) is 0.718. The fourth-order valence-electron chi connectivity index (χ4n) is 2.11. The van der Waals surface area contributed by atoms with Gasteiger partial charge in [0, 0.05) is 18.4 Å². The predicted octanol–water partition coefficient (Wildman–Crippen LogP) is 1.83. The molecule has 6 heteroatoms. The number of sulfone groups is 1. The number of rotatable bonds is 5. The van der Waals surface area contributed by atoms with Gasteiger partial charge < -0.3 is 4.90 Å². The Labute approximate surface area is 118 Å². The number of carbonyl (C=O) groups is 1. The fraction of sp³-hybridized carbons (Fsp3) is 0.917. The highest BCUT2D eigenvalue weighted by atomic mass is 79.9. The van der Waals surface area contributed by atoms with Gasteiger partial charge in [-0.1, -0.05) is 29.8 Å². The van der Waals surface area contributed by atoms with E-state index in [1.165, 1.54) is 0 Å². The van der Waals surface area contributed by atoms with E-state index < -0.39 is 9.84 Å². The first kappa shape index (κ1) is 16.0. The third-order valence-electron chi connectivity index (χ3n) is 3.02. The van der Waals surface area contributed by atoms with Crippen LogP contribution < -0.4 is 0 Å². The summed E-state index contributed by atoms with van der Waals surface area (Å²) < 4.78 is 24.0. The maximum absolute atomic E-state index is 12.0. The van der Waals surface area contributed by atoms with E-state index in [1.807, 2.05) is 13.8 Å². The van der Waals surface area contributed by atoms with Crippen LogP contribution >= 0.6 is 15.9 Å². The van der Waals surface area contributed by atoms with Crippen LogP contribution in [0.5, 0.6) is 0 Å². The second-order valence-corrected chi connectivity index (χ2v) is 8.40. The SMILES string of the molecule is CC(C)(CBr)CS(=O)(=O)CC(=O)N1CCCCC1. The van der Waals surface area contributed by atoms with Gasteiger partial charge in [-0.2, -0.15) is 0 Å². The molecule has 1 amide bonds. The van der Waals surface area contributed by atoms with Crippen molar-refractivity contribution in [2.24, 2.45) is 5.41 Å². The van der Waals surface area contributed by atoms with Gasteiger partial charge in [-0.15, -0.1) is 0 Å². The van der Waals surface area contributed by atoms with Crippen molar-refractivity contribution in [1.29, 1.82) is 0 Å².